The smallest absolute Gasteiger partial charge is 0.332 e. The first-order valence-electron chi connectivity index (χ1n) is 12.1. The van der Waals surface area contributed by atoms with Crippen LogP contribution in [0.2, 0.25) is 0 Å². The van der Waals surface area contributed by atoms with Gasteiger partial charge in [0.25, 0.3) is 5.56 Å². The van der Waals surface area contributed by atoms with E-state index in [4.69, 9.17) is 0 Å². The second-order valence-electron chi connectivity index (χ2n) is 9.27. The number of piperidine rings is 1. The molecule has 0 saturated carbocycles. The number of hydrogen-bond acceptors (Lipinski definition) is 9. The van der Waals surface area contributed by atoms with Gasteiger partial charge in [-0.1, -0.05) is 0 Å². The van der Waals surface area contributed by atoms with Gasteiger partial charge in [-0.15, -0.1) is 0 Å². The van der Waals surface area contributed by atoms with Crippen molar-refractivity contribution < 1.29 is 4.79 Å². The lowest BCUT2D eigenvalue weighted by Crippen LogP contribution is -2.38. The molecule has 1 aliphatic rings. The van der Waals surface area contributed by atoms with Crippen LogP contribution in [0.4, 0.5) is 11.8 Å². The van der Waals surface area contributed by atoms with Crippen LogP contribution in [0.15, 0.2) is 40.6 Å². The van der Waals surface area contributed by atoms with Crippen LogP contribution < -0.4 is 21.5 Å². The minimum absolute atomic E-state index is 0.163. The van der Waals surface area contributed by atoms with Crippen molar-refractivity contribution in [2.75, 3.05) is 16.8 Å². The maximum absolute atomic E-state index is 13.1. The Bertz CT molecular complexity index is 1590. The number of aryl methyl sites for hydroxylation is 1. The number of carbonyl (C=O) groups is 1. The summed E-state index contributed by atoms with van der Waals surface area (Å²) >= 11 is 0. The molecule has 0 bridgehead atoms. The Labute approximate surface area is 211 Å². The van der Waals surface area contributed by atoms with Crippen molar-refractivity contribution in [1.82, 2.24) is 38.6 Å². The first kappa shape index (κ1) is 24.3. The maximum Gasteiger partial charge on any atom is 0.332 e. The molecule has 1 fully saturated rings. The molecule has 1 amide bonds. The highest BCUT2D eigenvalue weighted by Crippen LogP contribution is 2.23. The number of nitrogens with one attached hydrogen (secondary N) is 1. The van der Waals surface area contributed by atoms with Crippen LogP contribution in [-0.2, 0) is 18.9 Å². The number of nitrogens with zero attached hydrogens (tertiary/aromatic N) is 9. The second kappa shape index (κ2) is 9.56. The fourth-order valence-electron chi connectivity index (χ4n) is 4.56. The molecule has 2 atom stereocenters. The van der Waals surface area contributed by atoms with Crippen LogP contribution in [0.25, 0.3) is 22.6 Å². The Morgan fingerprint density at radius 1 is 1.08 bits per heavy atom. The van der Waals surface area contributed by atoms with Crippen molar-refractivity contribution in [2.24, 2.45) is 14.1 Å². The van der Waals surface area contributed by atoms with Gasteiger partial charge in [0.15, 0.2) is 17.0 Å². The minimum atomic E-state index is -0.803. The summed E-state index contributed by atoms with van der Waals surface area (Å²) in [5.74, 6) is 0.942. The zero-order valence-corrected chi connectivity index (χ0v) is 21.1. The largest absolute Gasteiger partial charge is 0.338 e. The van der Waals surface area contributed by atoms with E-state index in [2.05, 4.69) is 42.1 Å². The molecule has 1 saturated heterocycles. The van der Waals surface area contributed by atoms with Gasteiger partial charge in [-0.25, -0.2) is 29.7 Å². The van der Waals surface area contributed by atoms with Crippen LogP contribution in [0, 0.1) is 0 Å². The number of imidazole rings is 1. The minimum Gasteiger partial charge on any atom is -0.338 e. The van der Waals surface area contributed by atoms with Crippen LogP contribution in [0.3, 0.4) is 0 Å². The Morgan fingerprint density at radius 3 is 2.57 bits per heavy atom. The van der Waals surface area contributed by atoms with E-state index in [0.717, 1.165) is 24.0 Å². The van der Waals surface area contributed by atoms with Crippen molar-refractivity contribution in [3.05, 3.63) is 51.8 Å². The number of amides is 1. The standard InChI is InChI=1S/C24H28N10O3/c1-14-7-5-6-10-33(14)23-26-11-16(12-27-23)19-25-9-8-17(29-19)30-21(35)15(2)34-13-28-20-18(34)22(36)32(4)24(37)31(20)3/h8-9,11-15H,5-7,10H2,1-4H3,(H,25,29,30,35)/t14-,15?/m0/s1. The van der Waals surface area contributed by atoms with E-state index < -0.39 is 23.2 Å². The molecule has 4 aromatic heterocycles. The summed E-state index contributed by atoms with van der Waals surface area (Å²) in [4.78, 5) is 62.2. The van der Waals surface area contributed by atoms with Crippen molar-refractivity contribution in [1.29, 1.82) is 0 Å². The third-order valence-electron chi connectivity index (χ3n) is 6.83. The van der Waals surface area contributed by atoms with Crippen LogP contribution in [0.5, 0.6) is 0 Å². The van der Waals surface area contributed by atoms with Gasteiger partial charge in [-0.3, -0.25) is 18.7 Å². The van der Waals surface area contributed by atoms with Gasteiger partial charge < -0.3 is 14.8 Å². The van der Waals surface area contributed by atoms with Gasteiger partial charge in [-0.2, -0.15) is 0 Å². The normalized spacial score (nSPS) is 16.6. The van der Waals surface area contributed by atoms with Gasteiger partial charge in [0, 0.05) is 45.3 Å². The molecule has 0 radical (unpaired) electrons. The molecule has 0 aliphatic carbocycles. The molecular formula is C24H28N10O3. The highest BCUT2D eigenvalue weighted by atomic mass is 16.2. The Hall–Kier alpha value is -4.42. The van der Waals surface area contributed by atoms with Gasteiger partial charge in [-0.05, 0) is 39.2 Å². The first-order chi connectivity index (χ1) is 17.8. The van der Waals surface area contributed by atoms with E-state index in [-0.39, 0.29) is 11.2 Å². The highest BCUT2D eigenvalue weighted by molar-refractivity contribution is 5.93. The van der Waals surface area contributed by atoms with E-state index in [0.29, 0.717) is 29.2 Å². The lowest BCUT2D eigenvalue weighted by Gasteiger charge is -2.33. The lowest BCUT2D eigenvalue weighted by molar-refractivity contribution is -0.118. The predicted octanol–water partition coefficient (Wildman–Crippen LogP) is 1.26. The number of anilines is 2. The van der Waals surface area contributed by atoms with Crippen molar-refractivity contribution in [3.63, 3.8) is 0 Å². The fraction of sp³-hybridized carbons (Fsp3) is 0.417. The van der Waals surface area contributed by atoms with E-state index in [1.165, 1.54) is 36.0 Å². The average molecular weight is 505 g/mol. The summed E-state index contributed by atoms with van der Waals surface area (Å²) in [6.07, 6.45) is 9.75. The lowest BCUT2D eigenvalue weighted by atomic mass is 10.0. The maximum atomic E-state index is 13.1. The zero-order chi connectivity index (χ0) is 26.3. The average Bonchev–Trinajstić information content (AvgIpc) is 3.36. The van der Waals surface area contributed by atoms with Crippen molar-refractivity contribution in [3.8, 4) is 11.4 Å². The molecule has 0 aromatic carbocycles. The highest BCUT2D eigenvalue weighted by Gasteiger charge is 2.23. The summed E-state index contributed by atoms with van der Waals surface area (Å²) in [7, 11) is 2.91. The van der Waals surface area contributed by atoms with E-state index in [1.54, 1.807) is 31.6 Å². The Morgan fingerprint density at radius 2 is 1.84 bits per heavy atom. The van der Waals surface area contributed by atoms with Gasteiger partial charge >= 0.3 is 5.69 Å². The van der Waals surface area contributed by atoms with E-state index in [9.17, 15) is 14.4 Å². The molecule has 192 valence electrons. The molecule has 5 heterocycles. The summed E-state index contributed by atoms with van der Waals surface area (Å²) < 4.78 is 3.71. The number of fused-ring (bicyclic) bond motifs is 1. The van der Waals surface area contributed by atoms with Gasteiger partial charge in [0.2, 0.25) is 11.9 Å². The van der Waals surface area contributed by atoms with Gasteiger partial charge in [0.1, 0.15) is 11.9 Å². The number of rotatable bonds is 5. The molecule has 13 heteroatoms. The number of aromatic nitrogens is 8. The Kier molecular flexibility index (Phi) is 6.27. The summed E-state index contributed by atoms with van der Waals surface area (Å²) in [6.45, 7) is 4.75. The Balaban J connectivity index is 1.36. The van der Waals surface area contributed by atoms with Gasteiger partial charge in [0.05, 0.1) is 11.9 Å². The van der Waals surface area contributed by atoms with Crippen LogP contribution in [-0.4, -0.2) is 57.1 Å². The summed E-state index contributed by atoms with van der Waals surface area (Å²) in [6, 6.07) is 1.17. The SMILES string of the molecule is CC(C(=O)Nc1ccnc(-c2cnc(N3CCCC[C@@H]3C)nc2)n1)n1cnc2c1c(=O)n(C)c(=O)n2C. The van der Waals surface area contributed by atoms with Crippen LogP contribution >= 0.6 is 0 Å². The third-order valence-corrected chi connectivity index (χ3v) is 6.83. The molecule has 4 aromatic rings. The fourth-order valence-corrected chi connectivity index (χ4v) is 4.56. The van der Waals surface area contributed by atoms with E-state index >= 15 is 0 Å². The van der Waals surface area contributed by atoms with Crippen molar-refractivity contribution >= 4 is 28.8 Å². The number of hydrogen-bond donors (Lipinski definition) is 1. The molecule has 0 spiro atoms. The predicted molar refractivity (Wildman–Crippen MR) is 137 cm³/mol. The molecule has 37 heavy (non-hydrogen) atoms. The molecular weight excluding hydrogens is 476 g/mol. The summed E-state index contributed by atoms with van der Waals surface area (Å²) in [5.41, 5.74) is -0.0179. The zero-order valence-electron chi connectivity index (χ0n) is 21.1. The summed E-state index contributed by atoms with van der Waals surface area (Å²) in [5, 5.41) is 2.77. The van der Waals surface area contributed by atoms with Crippen LogP contribution in [0.1, 0.15) is 39.2 Å². The van der Waals surface area contributed by atoms with Crippen molar-refractivity contribution in [2.45, 2.75) is 45.2 Å². The molecule has 1 N–H and O–H groups in total. The quantitative estimate of drug-likeness (QED) is 0.424. The second-order valence-corrected chi connectivity index (χ2v) is 9.27. The molecule has 5 rings (SSSR count). The molecule has 1 aliphatic heterocycles. The monoisotopic (exact) mass is 504 g/mol. The first-order valence-corrected chi connectivity index (χ1v) is 12.1. The molecule has 1 unspecified atom stereocenters. The molecule has 13 nitrogen and oxygen atoms in total. The topological polar surface area (TPSA) is 146 Å². The number of carbonyl (C=O) groups excluding carboxylic acids is 1. The van der Waals surface area contributed by atoms with E-state index in [1.807, 2.05) is 0 Å². The third kappa shape index (κ3) is 4.36.